The standard InChI is InChI=1S/C10H8BrN3/c11-9-2-3-10(13-8-9)14-6-1-4-12-5-7-14/h1-8H. The molecule has 1 aliphatic rings. The van der Waals surface area contributed by atoms with Crippen LogP contribution in [0.5, 0.6) is 0 Å². The Balaban J connectivity index is 2.27. The summed E-state index contributed by atoms with van der Waals surface area (Å²) in [6.07, 6.45) is 10.9. The van der Waals surface area contributed by atoms with Gasteiger partial charge in [0.2, 0.25) is 0 Å². The Morgan fingerprint density at radius 3 is 2.93 bits per heavy atom. The fourth-order valence-electron chi connectivity index (χ4n) is 1.06. The summed E-state index contributed by atoms with van der Waals surface area (Å²) in [5, 5.41) is 0. The number of anilines is 1. The number of aromatic nitrogens is 1. The van der Waals surface area contributed by atoms with E-state index in [1.54, 1.807) is 18.6 Å². The molecule has 0 radical (unpaired) electrons. The van der Waals surface area contributed by atoms with Gasteiger partial charge in [0.25, 0.3) is 0 Å². The SMILES string of the molecule is Brc1ccc(N2C=CC=NC=C2)nc1. The lowest BCUT2D eigenvalue weighted by Gasteiger charge is -2.12. The van der Waals surface area contributed by atoms with E-state index in [0.717, 1.165) is 10.3 Å². The summed E-state index contributed by atoms with van der Waals surface area (Å²) in [5.41, 5.74) is 0. The second-order valence-corrected chi connectivity index (χ2v) is 3.60. The van der Waals surface area contributed by atoms with Gasteiger partial charge in [-0.25, -0.2) is 4.98 Å². The van der Waals surface area contributed by atoms with E-state index in [1.165, 1.54) is 0 Å². The number of pyridine rings is 1. The summed E-state index contributed by atoms with van der Waals surface area (Å²) in [7, 11) is 0. The van der Waals surface area contributed by atoms with E-state index in [9.17, 15) is 0 Å². The average molecular weight is 250 g/mol. The Labute approximate surface area is 90.6 Å². The summed E-state index contributed by atoms with van der Waals surface area (Å²) in [4.78, 5) is 10.2. The molecule has 0 saturated heterocycles. The van der Waals surface area contributed by atoms with Crippen molar-refractivity contribution in [3.8, 4) is 0 Å². The monoisotopic (exact) mass is 249 g/mol. The Hall–Kier alpha value is -1.42. The summed E-state index contributed by atoms with van der Waals surface area (Å²) in [6, 6.07) is 3.89. The molecule has 1 aliphatic heterocycles. The molecule has 0 atom stereocenters. The number of allylic oxidation sites excluding steroid dienone is 1. The fourth-order valence-corrected chi connectivity index (χ4v) is 1.30. The van der Waals surface area contributed by atoms with E-state index in [1.807, 2.05) is 35.5 Å². The first-order valence-corrected chi connectivity index (χ1v) is 4.92. The molecule has 14 heavy (non-hydrogen) atoms. The minimum atomic E-state index is 0.867. The van der Waals surface area contributed by atoms with Crippen LogP contribution in [-0.4, -0.2) is 11.2 Å². The first kappa shape index (κ1) is 9.15. The van der Waals surface area contributed by atoms with Crippen LogP contribution >= 0.6 is 15.9 Å². The second-order valence-electron chi connectivity index (χ2n) is 2.68. The summed E-state index contributed by atoms with van der Waals surface area (Å²) < 4.78 is 0.972. The highest BCUT2D eigenvalue weighted by molar-refractivity contribution is 9.10. The third-order valence-electron chi connectivity index (χ3n) is 1.71. The molecular formula is C10H8BrN3. The highest BCUT2D eigenvalue weighted by atomic mass is 79.9. The van der Waals surface area contributed by atoms with Gasteiger partial charge in [-0.3, -0.25) is 4.99 Å². The molecule has 0 aromatic carbocycles. The molecule has 0 bridgehead atoms. The van der Waals surface area contributed by atoms with E-state index in [0.29, 0.717) is 0 Å². The number of hydrogen-bond donors (Lipinski definition) is 0. The molecule has 0 amide bonds. The predicted octanol–water partition coefficient (Wildman–Crippen LogP) is 2.72. The van der Waals surface area contributed by atoms with Crippen LogP contribution in [0.4, 0.5) is 5.82 Å². The summed E-state index contributed by atoms with van der Waals surface area (Å²) in [5.74, 6) is 0.867. The van der Waals surface area contributed by atoms with Crippen molar-refractivity contribution < 1.29 is 0 Å². The van der Waals surface area contributed by atoms with Crippen LogP contribution < -0.4 is 4.90 Å². The van der Waals surface area contributed by atoms with Crippen LogP contribution in [0.25, 0.3) is 0 Å². The van der Waals surface area contributed by atoms with Gasteiger partial charge in [0.15, 0.2) is 0 Å². The van der Waals surface area contributed by atoms with Gasteiger partial charge >= 0.3 is 0 Å². The highest BCUT2D eigenvalue weighted by Gasteiger charge is 2.00. The number of aliphatic imine (C=N–C) groups is 1. The molecule has 0 saturated carbocycles. The van der Waals surface area contributed by atoms with Crippen molar-refractivity contribution in [3.63, 3.8) is 0 Å². The van der Waals surface area contributed by atoms with Crippen molar-refractivity contribution in [1.29, 1.82) is 0 Å². The largest absolute Gasteiger partial charge is 0.307 e. The van der Waals surface area contributed by atoms with Crippen LogP contribution in [0.3, 0.4) is 0 Å². The van der Waals surface area contributed by atoms with Crippen LogP contribution in [0.15, 0.2) is 52.5 Å². The average Bonchev–Trinajstić information content (AvgIpc) is 2.47. The first-order chi connectivity index (χ1) is 6.86. The molecule has 0 N–H and O–H groups in total. The van der Waals surface area contributed by atoms with Gasteiger partial charge in [-0.15, -0.1) is 0 Å². The van der Waals surface area contributed by atoms with Crippen molar-refractivity contribution in [2.75, 3.05) is 4.90 Å². The van der Waals surface area contributed by atoms with Crippen LogP contribution in [0, 0.1) is 0 Å². The molecule has 2 rings (SSSR count). The molecule has 0 unspecified atom stereocenters. The normalized spacial score (nSPS) is 14.5. The molecule has 0 aliphatic carbocycles. The maximum Gasteiger partial charge on any atom is 0.136 e. The number of hydrogen-bond acceptors (Lipinski definition) is 3. The Morgan fingerprint density at radius 1 is 1.21 bits per heavy atom. The van der Waals surface area contributed by atoms with E-state index >= 15 is 0 Å². The van der Waals surface area contributed by atoms with Crippen molar-refractivity contribution in [2.24, 2.45) is 4.99 Å². The van der Waals surface area contributed by atoms with Crippen LogP contribution in [-0.2, 0) is 0 Å². The van der Waals surface area contributed by atoms with E-state index < -0.39 is 0 Å². The number of halogens is 1. The van der Waals surface area contributed by atoms with Crippen molar-refractivity contribution in [3.05, 3.63) is 47.5 Å². The molecule has 0 spiro atoms. The zero-order valence-electron chi connectivity index (χ0n) is 7.34. The fraction of sp³-hybridized carbons (Fsp3) is 0. The molecule has 3 nitrogen and oxygen atoms in total. The van der Waals surface area contributed by atoms with Crippen molar-refractivity contribution in [2.45, 2.75) is 0 Å². The smallest absolute Gasteiger partial charge is 0.136 e. The second kappa shape index (κ2) is 4.19. The summed E-state index contributed by atoms with van der Waals surface area (Å²) >= 11 is 3.34. The molecular weight excluding hydrogens is 242 g/mol. The molecule has 0 fully saturated rings. The molecule has 70 valence electrons. The number of nitrogens with zero attached hydrogens (tertiary/aromatic N) is 3. The van der Waals surface area contributed by atoms with Crippen molar-refractivity contribution in [1.82, 2.24) is 4.98 Å². The Morgan fingerprint density at radius 2 is 2.14 bits per heavy atom. The van der Waals surface area contributed by atoms with Gasteiger partial charge in [-0.1, -0.05) is 0 Å². The van der Waals surface area contributed by atoms with E-state index in [2.05, 4.69) is 25.9 Å². The van der Waals surface area contributed by atoms with Gasteiger partial charge in [0, 0.05) is 35.5 Å². The van der Waals surface area contributed by atoms with E-state index in [4.69, 9.17) is 0 Å². The minimum absolute atomic E-state index is 0.867. The molecule has 4 heteroatoms. The Kier molecular flexibility index (Phi) is 2.74. The zero-order valence-corrected chi connectivity index (χ0v) is 8.92. The first-order valence-electron chi connectivity index (χ1n) is 4.13. The number of rotatable bonds is 1. The minimum Gasteiger partial charge on any atom is -0.307 e. The molecule has 1 aromatic heterocycles. The van der Waals surface area contributed by atoms with Crippen LogP contribution in [0.1, 0.15) is 0 Å². The summed E-state index contributed by atoms with van der Waals surface area (Å²) in [6.45, 7) is 0. The van der Waals surface area contributed by atoms with Crippen molar-refractivity contribution >= 4 is 28.0 Å². The third kappa shape index (κ3) is 2.09. The topological polar surface area (TPSA) is 28.5 Å². The maximum atomic E-state index is 4.26. The highest BCUT2D eigenvalue weighted by Crippen LogP contribution is 2.15. The predicted molar refractivity (Wildman–Crippen MR) is 61.2 cm³/mol. The van der Waals surface area contributed by atoms with Gasteiger partial charge in [-0.2, -0.15) is 0 Å². The quantitative estimate of drug-likeness (QED) is 0.766. The lowest BCUT2D eigenvalue weighted by molar-refractivity contribution is 1.16. The third-order valence-corrected chi connectivity index (χ3v) is 2.18. The van der Waals surface area contributed by atoms with Gasteiger partial charge in [-0.05, 0) is 34.1 Å². The maximum absolute atomic E-state index is 4.26. The van der Waals surface area contributed by atoms with Gasteiger partial charge in [0.05, 0.1) is 0 Å². The van der Waals surface area contributed by atoms with E-state index in [-0.39, 0.29) is 0 Å². The lowest BCUT2D eigenvalue weighted by atomic mass is 10.4. The zero-order chi connectivity index (χ0) is 9.80. The Bertz CT molecular complexity index is 376. The lowest BCUT2D eigenvalue weighted by Crippen LogP contribution is -2.07. The van der Waals surface area contributed by atoms with Gasteiger partial charge in [0.1, 0.15) is 5.82 Å². The molecule has 1 aromatic rings. The van der Waals surface area contributed by atoms with Gasteiger partial charge < -0.3 is 4.90 Å². The van der Waals surface area contributed by atoms with Crippen LogP contribution in [0.2, 0.25) is 0 Å². The molecule has 2 heterocycles.